The van der Waals surface area contributed by atoms with E-state index in [2.05, 4.69) is 16.9 Å². The van der Waals surface area contributed by atoms with Gasteiger partial charge in [0.2, 0.25) is 5.91 Å². The third-order valence-corrected chi connectivity index (χ3v) is 4.04. The second-order valence-corrected chi connectivity index (χ2v) is 5.98. The van der Waals surface area contributed by atoms with Crippen LogP contribution in [0.1, 0.15) is 32.9 Å². The molecule has 1 saturated heterocycles. The number of nitrogens with zero attached hydrogens (tertiary/aromatic N) is 4. The second-order valence-electron chi connectivity index (χ2n) is 5.98. The lowest BCUT2D eigenvalue weighted by Gasteiger charge is -2.46. The van der Waals surface area contributed by atoms with Gasteiger partial charge in [-0.05, 0) is 27.2 Å². The zero-order valence-corrected chi connectivity index (χ0v) is 13.1. The molecule has 0 atom stereocenters. The van der Waals surface area contributed by atoms with Gasteiger partial charge in [-0.15, -0.1) is 0 Å². The molecule has 1 aromatic rings. The van der Waals surface area contributed by atoms with Crippen LogP contribution >= 0.6 is 0 Å². The van der Waals surface area contributed by atoms with E-state index in [4.69, 9.17) is 5.73 Å². The lowest BCUT2D eigenvalue weighted by molar-refractivity contribution is -0.136. The quantitative estimate of drug-likeness (QED) is 0.904. The molecule has 0 bridgehead atoms. The molecule has 1 aliphatic heterocycles. The average molecular weight is 279 g/mol. The van der Waals surface area contributed by atoms with Crippen LogP contribution in [0.5, 0.6) is 0 Å². The summed E-state index contributed by atoms with van der Waals surface area (Å²) in [6.45, 7) is 10.2. The molecular weight excluding hydrogens is 254 g/mol. The number of aromatic nitrogens is 2. The summed E-state index contributed by atoms with van der Waals surface area (Å²) >= 11 is 0. The predicted octanol–water partition coefficient (Wildman–Crippen LogP) is 1.24. The zero-order chi connectivity index (χ0) is 15.1. The van der Waals surface area contributed by atoms with Crippen molar-refractivity contribution in [3.63, 3.8) is 0 Å². The molecule has 0 radical (unpaired) electrons. The average Bonchev–Trinajstić information content (AvgIpc) is 2.64. The van der Waals surface area contributed by atoms with Gasteiger partial charge in [0.25, 0.3) is 0 Å². The summed E-state index contributed by atoms with van der Waals surface area (Å²) in [6, 6.07) is 0. The zero-order valence-electron chi connectivity index (χ0n) is 13.1. The van der Waals surface area contributed by atoms with E-state index in [1.807, 2.05) is 32.5 Å². The highest BCUT2D eigenvalue weighted by Crippen LogP contribution is 2.34. The van der Waals surface area contributed by atoms with Crippen LogP contribution in [0.3, 0.4) is 0 Å². The Balaban J connectivity index is 2.48. The molecule has 112 valence electrons. The van der Waals surface area contributed by atoms with E-state index in [1.165, 1.54) is 0 Å². The molecule has 1 fully saturated rings. The Labute approximate surface area is 120 Å². The van der Waals surface area contributed by atoms with Gasteiger partial charge in [0.15, 0.2) is 5.82 Å². The van der Waals surface area contributed by atoms with Gasteiger partial charge in [-0.3, -0.25) is 4.79 Å². The Bertz CT molecular complexity index is 520. The summed E-state index contributed by atoms with van der Waals surface area (Å²) in [7, 11) is 1.85. The van der Waals surface area contributed by atoms with Gasteiger partial charge < -0.3 is 15.5 Å². The molecule has 0 aromatic carbocycles. The third kappa shape index (κ3) is 2.13. The number of hydrogen-bond acceptors (Lipinski definition) is 4. The van der Waals surface area contributed by atoms with Crippen molar-refractivity contribution in [1.29, 1.82) is 0 Å². The minimum absolute atomic E-state index is 0.116. The van der Waals surface area contributed by atoms with Crippen molar-refractivity contribution in [2.75, 3.05) is 30.8 Å². The molecule has 0 spiro atoms. The van der Waals surface area contributed by atoms with Gasteiger partial charge in [-0.2, -0.15) is 5.10 Å². The third-order valence-electron chi connectivity index (χ3n) is 4.04. The van der Waals surface area contributed by atoms with Crippen LogP contribution < -0.4 is 10.6 Å². The predicted molar refractivity (Wildman–Crippen MR) is 80.7 cm³/mol. The van der Waals surface area contributed by atoms with Crippen molar-refractivity contribution in [3.05, 3.63) is 5.69 Å². The number of nitrogens with two attached hydrogens (primary N) is 1. The van der Waals surface area contributed by atoms with Gasteiger partial charge in [0.1, 0.15) is 5.54 Å². The fourth-order valence-electron chi connectivity index (χ4n) is 2.82. The summed E-state index contributed by atoms with van der Waals surface area (Å²) in [5, 5.41) is 4.51. The molecule has 0 unspecified atom stereocenters. The summed E-state index contributed by atoms with van der Waals surface area (Å²) in [6.07, 6.45) is 0.982. The van der Waals surface area contributed by atoms with Crippen LogP contribution in [0.15, 0.2) is 0 Å². The molecule has 1 amide bonds. The first-order chi connectivity index (χ1) is 9.30. The van der Waals surface area contributed by atoms with Crippen LogP contribution in [0.4, 0.5) is 11.5 Å². The van der Waals surface area contributed by atoms with Crippen molar-refractivity contribution in [2.24, 2.45) is 0 Å². The van der Waals surface area contributed by atoms with E-state index in [9.17, 15) is 4.79 Å². The molecule has 2 rings (SSSR count). The highest BCUT2D eigenvalue weighted by molar-refractivity contribution is 5.91. The van der Waals surface area contributed by atoms with E-state index in [1.54, 1.807) is 4.90 Å². The second kappa shape index (κ2) is 5.00. The maximum absolute atomic E-state index is 12.4. The molecule has 1 aromatic heterocycles. The van der Waals surface area contributed by atoms with Crippen molar-refractivity contribution in [1.82, 2.24) is 14.7 Å². The molecule has 2 heterocycles. The number of carbonyl (C=O) groups is 1. The molecule has 0 aliphatic carbocycles. The van der Waals surface area contributed by atoms with Gasteiger partial charge in [-0.1, -0.05) is 6.92 Å². The highest BCUT2D eigenvalue weighted by Gasteiger charge is 2.42. The monoisotopic (exact) mass is 279 g/mol. The number of likely N-dealkylation sites (N-methyl/N-ethyl adjacent to an activating group) is 1. The van der Waals surface area contributed by atoms with Crippen LogP contribution in [0.25, 0.3) is 0 Å². The topological polar surface area (TPSA) is 67.4 Å². The molecule has 6 heteroatoms. The summed E-state index contributed by atoms with van der Waals surface area (Å²) in [4.78, 5) is 16.3. The number of nitrogen functional groups attached to an aromatic ring is 1. The number of amides is 1. The normalized spacial score (nSPS) is 18.8. The largest absolute Gasteiger partial charge is 0.394 e. The fourth-order valence-corrected chi connectivity index (χ4v) is 2.82. The standard InChI is InChI=1S/C14H25N5O/c1-6-7-19-12(11(15)10(2)16-19)18-9-8-17(5)13(20)14(18,3)4/h6-9,15H2,1-5H3. The number of carbonyl (C=O) groups excluding carboxylic acids is 1. The number of hydrogen-bond donors (Lipinski definition) is 1. The SMILES string of the molecule is CCCn1nc(C)c(N)c1N1CCN(C)C(=O)C1(C)C. The Morgan fingerprint density at radius 3 is 2.60 bits per heavy atom. The number of aryl methyl sites for hydroxylation is 2. The maximum Gasteiger partial charge on any atom is 0.247 e. The summed E-state index contributed by atoms with van der Waals surface area (Å²) < 4.78 is 1.94. The van der Waals surface area contributed by atoms with Gasteiger partial charge in [-0.25, -0.2) is 4.68 Å². The van der Waals surface area contributed by atoms with E-state index in [-0.39, 0.29) is 5.91 Å². The van der Waals surface area contributed by atoms with Gasteiger partial charge in [0.05, 0.1) is 11.4 Å². The minimum atomic E-state index is -0.598. The number of anilines is 2. The van der Waals surface area contributed by atoms with Crippen LogP contribution in [0, 0.1) is 6.92 Å². The van der Waals surface area contributed by atoms with E-state index >= 15 is 0 Å². The Hall–Kier alpha value is -1.72. The van der Waals surface area contributed by atoms with Crippen molar-refractivity contribution < 1.29 is 4.79 Å². The Morgan fingerprint density at radius 1 is 1.35 bits per heavy atom. The maximum atomic E-state index is 12.4. The number of rotatable bonds is 3. The Morgan fingerprint density at radius 2 is 2.00 bits per heavy atom. The van der Waals surface area contributed by atoms with Crippen molar-refractivity contribution in [3.8, 4) is 0 Å². The first-order valence-electron chi connectivity index (χ1n) is 7.16. The molecule has 0 saturated carbocycles. The molecule has 1 aliphatic rings. The van der Waals surface area contributed by atoms with Crippen LogP contribution in [-0.4, -0.2) is 46.3 Å². The van der Waals surface area contributed by atoms with Crippen LogP contribution in [0.2, 0.25) is 0 Å². The van der Waals surface area contributed by atoms with E-state index in [0.29, 0.717) is 12.2 Å². The summed E-state index contributed by atoms with van der Waals surface area (Å²) in [5.74, 6) is 1.00. The Kier molecular flexibility index (Phi) is 3.67. The van der Waals surface area contributed by atoms with Crippen molar-refractivity contribution in [2.45, 2.75) is 46.2 Å². The van der Waals surface area contributed by atoms with Crippen LogP contribution in [-0.2, 0) is 11.3 Å². The first-order valence-corrected chi connectivity index (χ1v) is 7.16. The lowest BCUT2D eigenvalue weighted by Crippen LogP contribution is -2.62. The highest BCUT2D eigenvalue weighted by atomic mass is 16.2. The molecular formula is C14H25N5O. The number of piperazine rings is 1. The summed E-state index contributed by atoms with van der Waals surface area (Å²) in [5.41, 5.74) is 7.13. The van der Waals surface area contributed by atoms with E-state index in [0.717, 1.165) is 31.0 Å². The van der Waals surface area contributed by atoms with Gasteiger partial charge in [0, 0.05) is 26.7 Å². The van der Waals surface area contributed by atoms with E-state index < -0.39 is 5.54 Å². The van der Waals surface area contributed by atoms with Crippen molar-refractivity contribution >= 4 is 17.4 Å². The first kappa shape index (κ1) is 14.7. The molecule has 20 heavy (non-hydrogen) atoms. The lowest BCUT2D eigenvalue weighted by atomic mass is 9.97. The fraction of sp³-hybridized carbons (Fsp3) is 0.714. The minimum Gasteiger partial charge on any atom is -0.394 e. The van der Waals surface area contributed by atoms with Gasteiger partial charge >= 0.3 is 0 Å². The molecule has 2 N–H and O–H groups in total. The molecule has 6 nitrogen and oxygen atoms in total. The smallest absolute Gasteiger partial charge is 0.247 e.